The number of nitrogens with two attached hydrogens (primary N) is 1. The third-order valence-electron chi connectivity index (χ3n) is 2.56. The van der Waals surface area contributed by atoms with Crippen molar-refractivity contribution in [1.29, 1.82) is 0 Å². The van der Waals surface area contributed by atoms with Crippen molar-refractivity contribution in [2.24, 2.45) is 0 Å². The van der Waals surface area contributed by atoms with Crippen molar-refractivity contribution in [3.8, 4) is 5.88 Å². The van der Waals surface area contributed by atoms with Crippen LogP contribution in [0.2, 0.25) is 0 Å². The van der Waals surface area contributed by atoms with Gasteiger partial charge in [0.1, 0.15) is 12.9 Å². The van der Waals surface area contributed by atoms with Gasteiger partial charge in [-0.05, 0) is 6.07 Å². The maximum Gasteiger partial charge on any atom is 0.225 e. The highest BCUT2D eigenvalue weighted by Gasteiger charge is 2.16. The molecule has 0 saturated heterocycles. The van der Waals surface area contributed by atoms with E-state index < -0.39 is 12.4 Å². The summed E-state index contributed by atoms with van der Waals surface area (Å²) in [5, 5.41) is 8.84. The first-order valence-electron chi connectivity index (χ1n) is 5.39. The van der Waals surface area contributed by atoms with Crippen LogP contribution in [0.4, 0.5) is 5.82 Å². The molecule has 3 aromatic heterocycles. The summed E-state index contributed by atoms with van der Waals surface area (Å²) < 4.78 is 6.78. The largest absolute Gasteiger partial charge is 0.448 e. The van der Waals surface area contributed by atoms with E-state index in [1.807, 2.05) is 0 Å². The summed E-state index contributed by atoms with van der Waals surface area (Å²) >= 11 is 0. The molecule has 8 nitrogen and oxygen atoms in total. The van der Waals surface area contributed by atoms with Crippen molar-refractivity contribution in [3.63, 3.8) is 0 Å². The second-order valence-corrected chi connectivity index (χ2v) is 3.75. The average molecular weight is 259 g/mol. The predicted molar refractivity (Wildman–Crippen MR) is 64.8 cm³/mol. The number of carbonyl (C=O) groups is 1. The Kier molecular flexibility index (Phi) is 2.50. The number of nitrogen functional groups attached to an aromatic ring is 1. The summed E-state index contributed by atoms with van der Waals surface area (Å²) in [6, 6.07) is 3.43. The highest BCUT2D eigenvalue weighted by molar-refractivity contribution is 5.96. The summed E-state index contributed by atoms with van der Waals surface area (Å²) in [5.74, 6) is -0.197. The van der Waals surface area contributed by atoms with E-state index in [9.17, 15) is 4.79 Å². The van der Waals surface area contributed by atoms with Gasteiger partial charge in [-0.3, -0.25) is 9.36 Å². The van der Waals surface area contributed by atoms with Crippen LogP contribution in [0.15, 0.2) is 29.1 Å². The molecule has 19 heavy (non-hydrogen) atoms. The van der Waals surface area contributed by atoms with Gasteiger partial charge in [-0.1, -0.05) is 0 Å². The standard InChI is InChI=1S/C11H9N5O3/c12-9-8-11(15-10(14-9)6(18)4-17)16(5-13-8)7-2-1-3-19-7/h1-3,5,17H,4H2,(H2,12,14,15). The molecule has 96 valence electrons. The fourth-order valence-corrected chi connectivity index (χ4v) is 1.69. The van der Waals surface area contributed by atoms with Crippen molar-refractivity contribution >= 4 is 22.8 Å². The number of rotatable bonds is 3. The fraction of sp³-hybridized carbons (Fsp3) is 0.0909. The number of imidazole rings is 1. The van der Waals surface area contributed by atoms with Gasteiger partial charge in [0.15, 0.2) is 17.0 Å². The summed E-state index contributed by atoms with van der Waals surface area (Å²) in [6.07, 6.45) is 2.98. The second-order valence-electron chi connectivity index (χ2n) is 3.75. The molecule has 3 heterocycles. The molecule has 0 aromatic carbocycles. The summed E-state index contributed by atoms with van der Waals surface area (Å²) in [7, 11) is 0. The normalized spacial score (nSPS) is 11.0. The van der Waals surface area contributed by atoms with Crippen LogP contribution in [-0.2, 0) is 0 Å². The number of fused-ring (bicyclic) bond motifs is 1. The smallest absolute Gasteiger partial charge is 0.225 e. The molecule has 0 aliphatic rings. The minimum absolute atomic E-state index is 0.0760. The first-order chi connectivity index (χ1) is 9.20. The van der Waals surface area contributed by atoms with Crippen LogP contribution in [0.25, 0.3) is 17.0 Å². The van der Waals surface area contributed by atoms with Crippen molar-refractivity contribution in [1.82, 2.24) is 19.5 Å². The first-order valence-corrected chi connectivity index (χ1v) is 5.39. The van der Waals surface area contributed by atoms with Crippen LogP contribution in [0.1, 0.15) is 10.6 Å². The number of aliphatic hydroxyl groups excluding tert-OH is 1. The average Bonchev–Trinajstić information content (AvgIpc) is 3.05. The Balaban J connectivity index is 2.26. The highest BCUT2D eigenvalue weighted by Crippen LogP contribution is 2.20. The number of ketones is 1. The van der Waals surface area contributed by atoms with Gasteiger partial charge in [0.05, 0.1) is 6.26 Å². The Morgan fingerprint density at radius 2 is 2.32 bits per heavy atom. The molecule has 0 unspecified atom stereocenters. The molecule has 8 heteroatoms. The molecule has 3 aromatic rings. The van der Waals surface area contributed by atoms with Crippen LogP contribution in [0, 0.1) is 0 Å². The Labute approximate surface area is 106 Å². The number of nitrogens with zero attached hydrogens (tertiary/aromatic N) is 4. The Hall–Kier alpha value is -2.74. The van der Waals surface area contributed by atoms with E-state index in [0.717, 1.165) is 0 Å². The van der Waals surface area contributed by atoms with E-state index in [1.165, 1.54) is 12.6 Å². The Morgan fingerprint density at radius 1 is 1.47 bits per heavy atom. The van der Waals surface area contributed by atoms with E-state index >= 15 is 0 Å². The minimum atomic E-state index is -0.681. The number of aliphatic hydroxyl groups is 1. The second kappa shape index (κ2) is 4.18. The lowest BCUT2D eigenvalue weighted by atomic mass is 10.3. The van der Waals surface area contributed by atoms with E-state index in [0.29, 0.717) is 17.0 Å². The molecule has 0 aliphatic heterocycles. The van der Waals surface area contributed by atoms with E-state index in [1.54, 1.807) is 16.7 Å². The van der Waals surface area contributed by atoms with Crippen molar-refractivity contribution in [2.75, 3.05) is 12.3 Å². The minimum Gasteiger partial charge on any atom is -0.448 e. The maximum absolute atomic E-state index is 11.4. The lowest BCUT2D eigenvalue weighted by molar-refractivity contribution is 0.0893. The van der Waals surface area contributed by atoms with Crippen molar-refractivity contribution in [2.45, 2.75) is 0 Å². The lowest BCUT2D eigenvalue weighted by Crippen LogP contribution is -2.12. The molecule has 0 amide bonds. The molecule has 0 aliphatic carbocycles. The third kappa shape index (κ3) is 1.74. The molecule has 3 rings (SSSR count). The molecule has 0 bridgehead atoms. The Bertz CT molecular complexity index is 747. The zero-order valence-corrected chi connectivity index (χ0v) is 9.65. The molecule has 0 atom stereocenters. The van der Waals surface area contributed by atoms with Gasteiger partial charge < -0.3 is 15.3 Å². The fourth-order valence-electron chi connectivity index (χ4n) is 1.69. The number of aromatic nitrogens is 4. The highest BCUT2D eigenvalue weighted by atomic mass is 16.3. The van der Waals surface area contributed by atoms with Crippen molar-refractivity contribution < 1.29 is 14.3 Å². The summed E-state index contributed by atoms with van der Waals surface area (Å²) in [6.45, 7) is -0.681. The monoisotopic (exact) mass is 259 g/mol. The number of anilines is 1. The Morgan fingerprint density at radius 3 is 3.00 bits per heavy atom. The van der Waals surface area contributed by atoms with Gasteiger partial charge >= 0.3 is 0 Å². The zero-order valence-electron chi connectivity index (χ0n) is 9.65. The molecular formula is C11H9N5O3. The van der Waals surface area contributed by atoms with Gasteiger partial charge in [-0.2, -0.15) is 0 Å². The topological polar surface area (TPSA) is 120 Å². The quantitative estimate of drug-likeness (QED) is 0.643. The van der Waals surface area contributed by atoms with E-state index in [2.05, 4.69) is 15.0 Å². The van der Waals surface area contributed by atoms with E-state index in [4.69, 9.17) is 15.3 Å². The van der Waals surface area contributed by atoms with Crippen LogP contribution in [0.5, 0.6) is 0 Å². The number of furan rings is 1. The van der Waals surface area contributed by atoms with Gasteiger partial charge in [0.2, 0.25) is 17.5 Å². The molecular weight excluding hydrogens is 250 g/mol. The lowest BCUT2D eigenvalue weighted by Gasteiger charge is -2.02. The van der Waals surface area contributed by atoms with Crippen LogP contribution in [0.3, 0.4) is 0 Å². The third-order valence-corrected chi connectivity index (χ3v) is 2.56. The van der Waals surface area contributed by atoms with Gasteiger partial charge in [-0.25, -0.2) is 15.0 Å². The molecule has 0 fully saturated rings. The molecule has 0 saturated carbocycles. The predicted octanol–water partition coefficient (Wildman–Crippen LogP) is 0.166. The van der Waals surface area contributed by atoms with Gasteiger partial charge in [0.25, 0.3) is 0 Å². The van der Waals surface area contributed by atoms with Crippen molar-refractivity contribution in [3.05, 3.63) is 30.5 Å². The van der Waals surface area contributed by atoms with E-state index in [-0.39, 0.29) is 11.6 Å². The van der Waals surface area contributed by atoms with Crippen LogP contribution >= 0.6 is 0 Å². The maximum atomic E-state index is 11.4. The molecule has 0 radical (unpaired) electrons. The SMILES string of the molecule is Nc1nc(C(=O)CO)nc2c1ncn2-c1ccco1. The van der Waals surface area contributed by atoms with Crippen LogP contribution < -0.4 is 5.73 Å². The number of hydrogen-bond acceptors (Lipinski definition) is 7. The molecule has 0 spiro atoms. The van der Waals surface area contributed by atoms with Gasteiger partial charge in [-0.15, -0.1) is 0 Å². The number of Topliss-reactive ketones (excluding diaryl/α,β-unsaturated/α-hetero) is 1. The summed E-state index contributed by atoms with van der Waals surface area (Å²) in [5.41, 5.74) is 6.44. The van der Waals surface area contributed by atoms with Crippen LogP contribution in [-0.4, -0.2) is 37.0 Å². The number of carbonyl (C=O) groups excluding carboxylic acids is 1. The molecule has 3 N–H and O–H groups in total. The summed E-state index contributed by atoms with van der Waals surface area (Å²) in [4.78, 5) is 23.4. The zero-order chi connectivity index (χ0) is 13.4. The van der Waals surface area contributed by atoms with Gasteiger partial charge in [0, 0.05) is 6.07 Å². The first kappa shape index (κ1) is 11.4. The number of hydrogen-bond donors (Lipinski definition) is 2.